The molecule has 7 nitrogen and oxygen atoms in total. The average molecular weight is 180 g/mol. The first-order chi connectivity index (χ1) is 6.18. The van der Waals surface area contributed by atoms with Gasteiger partial charge in [0.1, 0.15) is 11.8 Å². The van der Waals surface area contributed by atoms with E-state index < -0.39 is 11.7 Å². The number of rotatable bonds is 1. The topological polar surface area (TPSA) is 112 Å². The van der Waals surface area contributed by atoms with Gasteiger partial charge < -0.3 is 10.1 Å². The van der Waals surface area contributed by atoms with Crippen LogP contribution in [-0.4, -0.2) is 31.0 Å². The van der Waals surface area contributed by atoms with Crippen molar-refractivity contribution in [1.82, 2.24) is 19.9 Å². The van der Waals surface area contributed by atoms with Gasteiger partial charge in [-0.05, 0) is 0 Å². The van der Waals surface area contributed by atoms with Crippen LogP contribution in [0.1, 0.15) is 10.5 Å². The van der Waals surface area contributed by atoms with E-state index in [0.29, 0.717) is 0 Å². The van der Waals surface area contributed by atoms with Crippen LogP contribution in [0.25, 0.3) is 11.2 Å². The third-order valence-electron chi connectivity index (χ3n) is 1.52. The zero-order valence-corrected chi connectivity index (χ0v) is 6.24. The summed E-state index contributed by atoms with van der Waals surface area (Å²) in [5, 5.41) is 8.67. The second-order valence-electron chi connectivity index (χ2n) is 2.33. The number of imidazole rings is 1. The van der Waals surface area contributed by atoms with E-state index in [0.717, 1.165) is 6.33 Å². The van der Waals surface area contributed by atoms with Crippen LogP contribution in [0.5, 0.6) is 0 Å². The van der Waals surface area contributed by atoms with Gasteiger partial charge in [0.2, 0.25) is 0 Å². The lowest BCUT2D eigenvalue weighted by Gasteiger charge is -1.92. The average Bonchev–Trinajstić information content (AvgIpc) is 2.43. The number of carboxylic acids is 1. The summed E-state index contributed by atoms with van der Waals surface area (Å²) in [6.07, 6.45) is 1.08. The summed E-state index contributed by atoms with van der Waals surface area (Å²) in [6.45, 7) is 0. The van der Waals surface area contributed by atoms with E-state index in [4.69, 9.17) is 5.11 Å². The van der Waals surface area contributed by atoms with Crippen molar-refractivity contribution in [3.8, 4) is 0 Å². The SMILES string of the molecule is O=C(O)c1ncnc2[nH]c(=O)[nH]c12. The molecule has 0 amide bonds. The van der Waals surface area contributed by atoms with E-state index >= 15 is 0 Å². The molecule has 66 valence electrons. The third-order valence-corrected chi connectivity index (χ3v) is 1.52. The Bertz CT molecular complexity index is 526. The highest BCUT2D eigenvalue weighted by Gasteiger charge is 2.12. The summed E-state index contributed by atoms with van der Waals surface area (Å²) < 4.78 is 0. The molecule has 0 aliphatic carbocycles. The maximum Gasteiger partial charge on any atom is 0.356 e. The molecule has 0 saturated carbocycles. The van der Waals surface area contributed by atoms with Crippen LogP contribution in [-0.2, 0) is 0 Å². The van der Waals surface area contributed by atoms with Crippen molar-refractivity contribution in [2.24, 2.45) is 0 Å². The fourth-order valence-electron chi connectivity index (χ4n) is 1.01. The second-order valence-corrected chi connectivity index (χ2v) is 2.33. The number of aromatic amines is 2. The van der Waals surface area contributed by atoms with Gasteiger partial charge in [-0.2, -0.15) is 0 Å². The molecule has 0 spiro atoms. The number of aromatic carboxylic acids is 1. The number of carbonyl (C=O) groups is 1. The zero-order chi connectivity index (χ0) is 9.42. The minimum atomic E-state index is -1.21. The van der Waals surface area contributed by atoms with E-state index in [1.807, 2.05) is 0 Å². The van der Waals surface area contributed by atoms with E-state index in [1.165, 1.54) is 0 Å². The van der Waals surface area contributed by atoms with Gasteiger partial charge in [-0.1, -0.05) is 0 Å². The minimum absolute atomic E-state index is 0.111. The second kappa shape index (κ2) is 2.41. The lowest BCUT2D eigenvalue weighted by molar-refractivity contribution is 0.0692. The fraction of sp³-hybridized carbons (Fsp3) is 0. The normalized spacial score (nSPS) is 10.5. The van der Waals surface area contributed by atoms with Gasteiger partial charge >= 0.3 is 11.7 Å². The van der Waals surface area contributed by atoms with Crippen LogP contribution in [0.4, 0.5) is 0 Å². The smallest absolute Gasteiger partial charge is 0.356 e. The van der Waals surface area contributed by atoms with E-state index in [-0.39, 0.29) is 16.9 Å². The number of hydrogen-bond acceptors (Lipinski definition) is 4. The lowest BCUT2D eigenvalue weighted by Crippen LogP contribution is -2.03. The Balaban J connectivity index is 2.90. The molecule has 0 radical (unpaired) electrons. The number of nitrogens with one attached hydrogen (secondary N) is 2. The Kier molecular flexibility index (Phi) is 1.38. The number of fused-ring (bicyclic) bond motifs is 1. The van der Waals surface area contributed by atoms with Gasteiger partial charge in [0.25, 0.3) is 0 Å². The predicted octanol–water partition coefficient (Wildman–Crippen LogP) is -0.656. The Morgan fingerprint density at radius 1 is 1.38 bits per heavy atom. The molecule has 2 aromatic heterocycles. The Morgan fingerprint density at radius 2 is 2.15 bits per heavy atom. The monoisotopic (exact) mass is 180 g/mol. The van der Waals surface area contributed by atoms with Crippen molar-refractivity contribution >= 4 is 17.1 Å². The maximum absolute atomic E-state index is 10.8. The molecule has 13 heavy (non-hydrogen) atoms. The number of carboxylic acid groups (broad SMARTS) is 1. The molecule has 2 aromatic rings. The molecule has 7 heteroatoms. The highest BCUT2D eigenvalue weighted by molar-refractivity contribution is 5.97. The summed E-state index contributed by atoms with van der Waals surface area (Å²) in [5.74, 6) is -1.21. The molecule has 0 fully saturated rings. The molecule has 3 N–H and O–H groups in total. The summed E-state index contributed by atoms with van der Waals surface area (Å²) in [6, 6.07) is 0. The molecule has 0 bridgehead atoms. The fourth-order valence-corrected chi connectivity index (χ4v) is 1.01. The Hall–Kier alpha value is -2.18. The van der Waals surface area contributed by atoms with Crippen LogP contribution in [0.15, 0.2) is 11.1 Å². The molecule has 0 aromatic carbocycles. The van der Waals surface area contributed by atoms with Crippen molar-refractivity contribution in [1.29, 1.82) is 0 Å². The third kappa shape index (κ3) is 1.06. The van der Waals surface area contributed by atoms with E-state index in [9.17, 15) is 9.59 Å². The molecule has 2 rings (SSSR count). The van der Waals surface area contributed by atoms with Gasteiger partial charge in [0.05, 0.1) is 0 Å². The van der Waals surface area contributed by atoms with E-state index in [2.05, 4.69) is 19.9 Å². The largest absolute Gasteiger partial charge is 0.476 e. The predicted molar refractivity (Wildman–Crippen MR) is 41.5 cm³/mol. The molecule has 0 saturated heterocycles. The summed E-state index contributed by atoms with van der Waals surface area (Å²) >= 11 is 0. The van der Waals surface area contributed by atoms with Crippen molar-refractivity contribution < 1.29 is 9.90 Å². The zero-order valence-electron chi connectivity index (χ0n) is 6.24. The van der Waals surface area contributed by atoms with Crippen LogP contribution in [0.2, 0.25) is 0 Å². The van der Waals surface area contributed by atoms with Gasteiger partial charge in [0.15, 0.2) is 11.3 Å². The first kappa shape index (κ1) is 7.47. The molecule has 0 aliphatic heterocycles. The molecule has 2 heterocycles. The Morgan fingerprint density at radius 3 is 2.85 bits per heavy atom. The number of hydrogen-bond donors (Lipinski definition) is 3. The standard InChI is InChI=1S/C6H4N4O3/c11-5(12)3-2-4(8-1-7-3)10-6(13)9-2/h1H,(H,11,12)(H2,7,8,9,10,13). The highest BCUT2D eigenvalue weighted by Crippen LogP contribution is 2.06. The van der Waals surface area contributed by atoms with Crippen LogP contribution < -0.4 is 5.69 Å². The molecule has 0 atom stereocenters. The summed E-state index contributed by atoms with van der Waals surface area (Å²) in [7, 11) is 0. The quantitative estimate of drug-likeness (QED) is 0.539. The van der Waals surface area contributed by atoms with Crippen molar-refractivity contribution in [2.75, 3.05) is 0 Å². The van der Waals surface area contributed by atoms with Gasteiger partial charge in [-0.15, -0.1) is 0 Å². The van der Waals surface area contributed by atoms with Gasteiger partial charge in [-0.25, -0.2) is 19.6 Å². The molecular formula is C6H4N4O3. The molecular weight excluding hydrogens is 176 g/mol. The number of H-pyrrole nitrogens is 2. The molecule has 0 aliphatic rings. The number of nitrogens with zero attached hydrogens (tertiary/aromatic N) is 2. The van der Waals surface area contributed by atoms with Crippen LogP contribution in [0.3, 0.4) is 0 Å². The van der Waals surface area contributed by atoms with Crippen molar-refractivity contribution in [3.63, 3.8) is 0 Å². The highest BCUT2D eigenvalue weighted by atomic mass is 16.4. The van der Waals surface area contributed by atoms with Gasteiger partial charge in [0, 0.05) is 0 Å². The van der Waals surface area contributed by atoms with E-state index in [1.54, 1.807) is 0 Å². The van der Waals surface area contributed by atoms with Crippen molar-refractivity contribution in [3.05, 3.63) is 22.5 Å². The number of aromatic nitrogens is 4. The lowest BCUT2D eigenvalue weighted by atomic mass is 10.4. The first-order valence-corrected chi connectivity index (χ1v) is 3.35. The van der Waals surface area contributed by atoms with Gasteiger partial charge in [-0.3, -0.25) is 4.98 Å². The summed E-state index contributed by atoms with van der Waals surface area (Å²) in [4.78, 5) is 33.2. The van der Waals surface area contributed by atoms with Crippen LogP contribution >= 0.6 is 0 Å². The summed E-state index contributed by atoms with van der Waals surface area (Å²) in [5.41, 5.74) is -0.418. The first-order valence-electron chi connectivity index (χ1n) is 3.35. The Labute approximate surface area is 70.5 Å². The maximum atomic E-state index is 10.8. The molecule has 0 unspecified atom stereocenters. The van der Waals surface area contributed by atoms with Crippen molar-refractivity contribution in [2.45, 2.75) is 0 Å². The van der Waals surface area contributed by atoms with Crippen LogP contribution in [0, 0.1) is 0 Å². The minimum Gasteiger partial charge on any atom is -0.476 e.